The van der Waals surface area contributed by atoms with Gasteiger partial charge in [0.25, 0.3) is 5.88 Å². The summed E-state index contributed by atoms with van der Waals surface area (Å²) in [4.78, 5) is 36.9. The highest BCUT2D eigenvalue weighted by molar-refractivity contribution is 5.89. The number of carboxylic acid groups (broad SMARTS) is 1. The molecule has 1 saturated heterocycles. The first-order valence-corrected chi connectivity index (χ1v) is 12.0. The van der Waals surface area contributed by atoms with Crippen LogP contribution in [0.4, 0.5) is 19.4 Å². The van der Waals surface area contributed by atoms with E-state index in [-0.39, 0.29) is 48.3 Å². The highest BCUT2D eigenvalue weighted by Gasteiger charge is 2.30. The van der Waals surface area contributed by atoms with Gasteiger partial charge in [0.2, 0.25) is 0 Å². The number of halogens is 2. The first-order chi connectivity index (χ1) is 18.1. The first-order valence-electron chi connectivity index (χ1n) is 12.0. The van der Waals surface area contributed by atoms with Gasteiger partial charge in [-0.15, -0.1) is 0 Å². The second-order valence-corrected chi connectivity index (χ2v) is 9.27. The van der Waals surface area contributed by atoms with E-state index in [1.807, 2.05) is 39.0 Å². The molecule has 1 N–H and O–H groups in total. The molecule has 11 heteroatoms. The van der Waals surface area contributed by atoms with E-state index in [1.54, 1.807) is 4.90 Å². The Labute approximate surface area is 216 Å². The molecular formula is C27H25F2N5O4. The molecule has 1 atom stereocenters. The van der Waals surface area contributed by atoms with Crippen molar-refractivity contribution < 1.29 is 23.4 Å². The number of hydrogen-bond donors (Lipinski definition) is 1. The van der Waals surface area contributed by atoms with Gasteiger partial charge in [-0.2, -0.15) is 9.97 Å². The van der Waals surface area contributed by atoms with E-state index >= 15 is 4.39 Å². The predicted molar refractivity (Wildman–Crippen MR) is 137 cm³/mol. The number of fused-ring (bicyclic) bond motifs is 1. The fourth-order valence-corrected chi connectivity index (χ4v) is 4.83. The lowest BCUT2D eigenvalue weighted by atomic mass is 10.1. The lowest BCUT2D eigenvalue weighted by Crippen LogP contribution is -2.54. The zero-order chi connectivity index (χ0) is 27.1. The molecule has 2 aromatic carbocycles. The van der Waals surface area contributed by atoms with Crippen molar-refractivity contribution in [1.29, 1.82) is 0 Å². The van der Waals surface area contributed by atoms with Gasteiger partial charge >= 0.3 is 11.8 Å². The summed E-state index contributed by atoms with van der Waals surface area (Å²) in [7, 11) is 0. The van der Waals surface area contributed by atoms with Crippen molar-refractivity contribution in [2.75, 3.05) is 24.5 Å². The molecule has 2 aromatic heterocycles. The van der Waals surface area contributed by atoms with E-state index in [2.05, 4.69) is 9.97 Å². The highest BCUT2D eigenvalue weighted by atomic mass is 19.1. The van der Waals surface area contributed by atoms with Crippen LogP contribution in [0.3, 0.4) is 0 Å². The van der Waals surface area contributed by atoms with E-state index in [0.29, 0.717) is 5.69 Å². The van der Waals surface area contributed by atoms with E-state index in [4.69, 9.17) is 4.74 Å². The molecule has 0 unspecified atom stereocenters. The molecule has 196 valence electrons. The maximum atomic E-state index is 15.4. The van der Waals surface area contributed by atoms with Crippen LogP contribution in [0, 0.1) is 25.5 Å². The monoisotopic (exact) mass is 521 g/mol. The minimum Gasteiger partial charge on any atom is -0.465 e. The number of carbonyl (C=O) groups is 1. The molecule has 4 aromatic rings. The largest absolute Gasteiger partial charge is 0.465 e. The molecule has 1 fully saturated rings. The first kappa shape index (κ1) is 25.1. The highest BCUT2D eigenvalue weighted by Crippen LogP contribution is 2.33. The number of benzene rings is 2. The number of nitrogens with zero attached hydrogens (tertiary/aromatic N) is 5. The molecule has 3 heterocycles. The summed E-state index contributed by atoms with van der Waals surface area (Å²) in [5.74, 6) is -1.56. The summed E-state index contributed by atoms with van der Waals surface area (Å²) < 4.78 is 36.0. The lowest BCUT2D eigenvalue weighted by Gasteiger charge is -2.39. The average Bonchev–Trinajstić information content (AvgIpc) is 2.86. The SMILES string of the molecule is Cc1cccc(C)c1-n1c(=O)nc(N2CCN(C(=O)O)C[C@@H]2C)c2cc(F)c(Oc3cccc(F)c3)nc21. The molecule has 5 rings (SSSR count). The summed E-state index contributed by atoms with van der Waals surface area (Å²) in [6, 6.07) is 11.6. The van der Waals surface area contributed by atoms with E-state index in [0.717, 1.165) is 17.2 Å². The molecule has 1 amide bonds. The summed E-state index contributed by atoms with van der Waals surface area (Å²) in [5, 5.41) is 9.65. The Balaban J connectivity index is 1.74. The minimum atomic E-state index is -1.04. The van der Waals surface area contributed by atoms with Crippen molar-refractivity contribution in [3.8, 4) is 17.3 Å². The van der Waals surface area contributed by atoms with Crippen LogP contribution < -0.4 is 15.3 Å². The zero-order valence-corrected chi connectivity index (χ0v) is 21.0. The third kappa shape index (κ3) is 4.51. The van der Waals surface area contributed by atoms with Crippen molar-refractivity contribution in [1.82, 2.24) is 19.4 Å². The van der Waals surface area contributed by atoms with E-state index < -0.39 is 29.3 Å². The average molecular weight is 522 g/mol. The Morgan fingerprint density at radius 2 is 1.76 bits per heavy atom. The number of hydrogen-bond acceptors (Lipinski definition) is 6. The minimum absolute atomic E-state index is 0.0458. The predicted octanol–water partition coefficient (Wildman–Crippen LogP) is 4.66. The number of aromatic nitrogens is 3. The number of amides is 1. The number of ether oxygens (including phenoxy) is 1. The quantitative estimate of drug-likeness (QED) is 0.417. The van der Waals surface area contributed by atoms with Gasteiger partial charge in [-0.3, -0.25) is 0 Å². The summed E-state index contributed by atoms with van der Waals surface area (Å²) in [6.45, 7) is 6.13. The van der Waals surface area contributed by atoms with Gasteiger partial charge in [0.15, 0.2) is 11.5 Å². The third-order valence-corrected chi connectivity index (χ3v) is 6.61. The van der Waals surface area contributed by atoms with Crippen molar-refractivity contribution in [2.24, 2.45) is 0 Å². The molecule has 38 heavy (non-hydrogen) atoms. The Morgan fingerprint density at radius 3 is 2.42 bits per heavy atom. The number of anilines is 1. The molecule has 0 radical (unpaired) electrons. The molecule has 0 bridgehead atoms. The maximum absolute atomic E-state index is 15.4. The normalized spacial score (nSPS) is 15.7. The van der Waals surface area contributed by atoms with Crippen LogP contribution in [0.5, 0.6) is 11.6 Å². The summed E-state index contributed by atoms with van der Waals surface area (Å²) in [6.07, 6.45) is -1.04. The van der Waals surface area contributed by atoms with Crippen molar-refractivity contribution in [3.63, 3.8) is 0 Å². The fraction of sp³-hybridized carbons (Fsp3) is 0.259. The maximum Gasteiger partial charge on any atom is 0.407 e. The number of pyridine rings is 1. The number of rotatable bonds is 4. The second kappa shape index (κ2) is 9.73. The van der Waals surface area contributed by atoms with Crippen LogP contribution in [0.1, 0.15) is 18.1 Å². The Hall–Kier alpha value is -4.54. The molecule has 0 aliphatic carbocycles. The number of aryl methyl sites for hydroxylation is 2. The standard InChI is InChI=1S/C27H25F2N5O4/c1-15-6-4-7-16(2)22(15)34-24-20(13-21(29)25(30-24)38-19-9-5-8-18(28)12-19)23(31-26(34)35)33-11-10-32(27(36)37)14-17(33)3/h4-9,12-13,17H,10-11,14H2,1-3H3,(H,36,37)/t17-/m0/s1. The third-order valence-electron chi connectivity index (χ3n) is 6.61. The molecule has 1 aliphatic rings. The molecular weight excluding hydrogens is 496 g/mol. The Kier molecular flexibility index (Phi) is 6.43. The number of para-hydroxylation sites is 1. The topological polar surface area (TPSA) is 101 Å². The van der Waals surface area contributed by atoms with Gasteiger partial charge < -0.3 is 19.6 Å². The lowest BCUT2D eigenvalue weighted by molar-refractivity contribution is 0.136. The van der Waals surface area contributed by atoms with Crippen molar-refractivity contribution in [2.45, 2.75) is 26.8 Å². The van der Waals surface area contributed by atoms with E-state index in [9.17, 15) is 19.1 Å². The van der Waals surface area contributed by atoms with Crippen molar-refractivity contribution in [3.05, 3.63) is 81.8 Å². The van der Waals surface area contributed by atoms with Gasteiger partial charge in [-0.25, -0.2) is 22.9 Å². The van der Waals surface area contributed by atoms with Crippen LogP contribution in [0.25, 0.3) is 16.7 Å². The van der Waals surface area contributed by atoms with Crippen LogP contribution in [0.15, 0.2) is 53.3 Å². The summed E-state index contributed by atoms with van der Waals surface area (Å²) in [5.41, 5.74) is 1.60. The van der Waals surface area contributed by atoms with Crippen molar-refractivity contribution >= 4 is 22.9 Å². The van der Waals surface area contributed by atoms with E-state index in [1.165, 1.54) is 33.7 Å². The van der Waals surface area contributed by atoms with Crippen LogP contribution in [-0.2, 0) is 0 Å². The van der Waals surface area contributed by atoms with Gasteiger partial charge in [0, 0.05) is 31.7 Å². The molecule has 1 aliphatic heterocycles. The van der Waals surface area contributed by atoms with Crippen LogP contribution in [0.2, 0.25) is 0 Å². The van der Waals surface area contributed by atoms with Gasteiger partial charge in [-0.1, -0.05) is 24.3 Å². The van der Waals surface area contributed by atoms with Crippen LogP contribution in [-0.4, -0.2) is 56.3 Å². The van der Waals surface area contributed by atoms with Gasteiger partial charge in [-0.05, 0) is 50.1 Å². The second-order valence-electron chi connectivity index (χ2n) is 9.27. The molecule has 0 spiro atoms. The van der Waals surface area contributed by atoms with Gasteiger partial charge in [0.1, 0.15) is 17.4 Å². The van der Waals surface area contributed by atoms with Gasteiger partial charge in [0.05, 0.1) is 11.1 Å². The summed E-state index contributed by atoms with van der Waals surface area (Å²) >= 11 is 0. The van der Waals surface area contributed by atoms with Crippen LogP contribution >= 0.6 is 0 Å². The zero-order valence-electron chi connectivity index (χ0n) is 21.0. The molecule has 0 saturated carbocycles. The fourth-order valence-electron chi connectivity index (χ4n) is 4.83. The Bertz CT molecular complexity index is 1600. The molecule has 9 nitrogen and oxygen atoms in total. The Morgan fingerprint density at radius 1 is 1.05 bits per heavy atom. The number of piperazine rings is 1. The smallest absolute Gasteiger partial charge is 0.407 e.